The Morgan fingerprint density at radius 2 is 2.11 bits per heavy atom. The molecule has 2 rings (SSSR count). The third-order valence-corrected chi connectivity index (χ3v) is 3.65. The number of halogens is 1. The lowest BCUT2D eigenvalue weighted by atomic mass is 10.1. The first-order valence-corrected chi connectivity index (χ1v) is 6.72. The van der Waals surface area contributed by atoms with Crippen LogP contribution in [0.1, 0.15) is 12.5 Å². The molecule has 1 aromatic rings. The monoisotopic (exact) mass is 314 g/mol. The van der Waals surface area contributed by atoms with Crippen LogP contribution < -0.4 is 4.90 Å². The van der Waals surface area contributed by atoms with E-state index in [0.717, 1.165) is 35.2 Å². The van der Waals surface area contributed by atoms with Gasteiger partial charge in [0, 0.05) is 29.7 Å². The van der Waals surface area contributed by atoms with Gasteiger partial charge >= 0.3 is 0 Å². The largest absolute Gasteiger partial charge is 0.378 e. The molecule has 0 radical (unpaired) electrons. The van der Waals surface area contributed by atoms with Crippen molar-refractivity contribution in [3.05, 3.63) is 32.3 Å². The number of morpholine rings is 1. The number of rotatable bonds is 3. The lowest BCUT2D eigenvalue weighted by Crippen LogP contribution is -2.37. The molecule has 1 aliphatic heterocycles. The Bertz CT molecular complexity index is 459. The second kappa shape index (κ2) is 5.67. The van der Waals surface area contributed by atoms with Gasteiger partial charge in [-0.15, -0.1) is 0 Å². The summed E-state index contributed by atoms with van der Waals surface area (Å²) in [7, 11) is 0. The first kappa shape index (κ1) is 13.3. The Labute approximate surface area is 114 Å². The molecule has 0 amide bonds. The molecule has 0 atom stereocenters. The maximum Gasteiger partial charge on any atom is 0.270 e. The molecule has 6 heteroatoms. The Morgan fingerprint density at radius 3 is 2.67 bits per heavy atom. The van der Waals surface area contributed by atoms with Gasteiger partial charge in [0.2, 0.25) is 0 Å². The van der Waals surface area contributed by atoms with Crippen molar-refractivity contribution in [2.45, 2.75) is 13.3 Å². The zero-order valence-corrected chi connectivity index (χ0v) is 11.8. The van der Waals surface area contributed by atoms with E-state index in [1.807, 2.05) is 6.92 Å². The molecule has 0 aromatic heterocycles. The van der Waals surface area contributed by atoms with Crippen LogP contribution >= 0.6 is 15.9 Å². The van der Waals surface area contributed by atoms with E-state index in [4.69, 9.17) is 4.74 Å². The molecule has 1 saturated heterocycles. The zero-order valence-electron chi connectivity index (χ0n) is 10.2. The van der Waals surface area contributed by atoms with Crippen LogP contribution in [0, 0.1) is 10.1 Å². The van der Waals surface area contributed by atoms with Crippen LogP contribution in [0.25, 0.3) is 0 Å². The number of anilines is 1. The predicted molar refractivity (Wildman–Crippen MR) is 73.2 cm³/mol. The lowest BCUT2D eigenvalue weighted by Gasteiger charge is -2.31. The topological polar surface area (TPSA) is 55.6 Å². The highest BCUT2D eigenvalue weighted by molar-refractivity contribution is 9.10. The fraction of sp³-hybridized carbons (Fsp3) is 0.500. The van der Waals surface area contributed by atoms with E-state index in [-0.39, 0.29) is 10.6 Å². The van der Waals surface area contributed by atoms with Gasteiger partial charge in [-0.2, -0.15) is 0 Å². The van der Waals surface area contributed by atoms with Crippen molar-refractivity contribution in [1.29, 1.82) is 0 Å². The fourth-order valence-corrected chi connectivity index (χ4v) is 2.90. The minimum atomic E-state index is -0.354. The van der Waals surface area contributed by atoms with Crippen LogP contribution in [0.5, 0.6) is 0 Å². The Morgan fingerprint density at radius 1 is 1.44 bits per heavy atom. The molecule has 98 valence electrons. The van der Waals surface area contributed by atoms with E-state index in [1.54, 1.807) is 12.1 Å². The van der Waals surface area contributed by atoms with E-state index in [1.165, 1.54) is 0 Å². The van der Waals surface area contributed by atoms with Crippen molar-refractivity contribution >= 4 is 27.3 Å². The number of nitro groups is 1. The van der Waals surface area contributed by atoms with Crippen LogP contribution in [0.4, 0.5) is 11.4 Å². The van der Waals surface area contributed by atoms with Crippen molar-refractivity contribution in [2.24, 2.45) is 0 Å². The molecule has 1 heterocycles. The molecule has 0 N–H and O–H groups in total. The quantitative estimate of drug-likeness (QED) is 0.636. The van der Waals surface area contributed by atoms with Crippen molar-refractivity contribution in [1.82, 2.24) is 0 Å². The highest BCUT2D eigenvalue weighted by atomic mass is 79.9. The van der Waals surface area contributed by atoms with Gasteiger partial charge in [-0.3, -0.25) is 10.1 Å². The van der Waals surface area contributed by atoms with Gasteiger partial charge in [-0.25, -0.2) is 0 Å². The second-order valence-electron chi connectivity index (χ2n) is 4.15. The maximum atomic E-state index is 10.9. The van der Waals surface area contributed by atoms with Crippen molar-refractivity contribution in [3.8, 4) is 0 Å². The lowest BCUT2D eigenvalue weighted by molar-refractivity contribution is -0.385. The number of ether oxygens (including phenoxy) is 1. The van der Waals surface area contributed by atoms with Crippen LogP contribution in [-0.2, 0) is 11.2 Å². The number of hydrogen-bond acceptors (Lipinski definition) is 4. The Hall–Kier alpha value is -1.14. The maximum absolute atomic E-state index is 10.9. The Balaban J connectivity index is 2.42. The van der Waals surface area contributed by atoms with Crippen LogP contribution in [0.3, 0.4) is 0 Å². The van der Waals surface area contributed by atoms with Crippen molar-refractivity contribution in [2.75, 3.05) is 31.2 Å². The van der Waals surface area contributed by atoms with Gasteiger partial charge in [0.15, 0.2) is 0 Å². The molecule has 0 unspecified atom stereocenters. The molecular formula is C12H15BrN2O3. The number of nitro benzene ring substituents is 1. The summed E-state index contributed by atoms with van der Waals surface area (Å²) in [5, 5.41) is 10.9. The standard InChI is InChI=1S/C12H15BrN2O3/c1-2-9-7-10(15(16)17)8-11(13)12(9)14-3-5-18-6-4-14/h7-8H,2-6H2,1H3. The van der Waals surface area contributed by atoms with Crippen molar-refractivity contribution in [3.63, 3.8) is 0 Å². The highest BCUT2D eigenvalue weighted by Crippen LogP contribution is 2.35. The van der Waals surface area contributed by atoms with Gasteiger partial charge in [0.25, 0.3) is 5.69 Å². The molecule has 0 bridgehead atoms. The van der Waals surface area contributed by atoms with E-state index >= 15 is 0 Å². The summed E-state index contributed by atoms with van der Waals surface area (Å²) in [5.41, 5.74) is 2.19. The molecule has 0 saturated carbocycles. The van der Waals surface area contributed by atoms with Gasteiger partial charge in [-0.1, -0.05) is 6.92 Å². The SMILES string of the molecule is CCc1cc([N+](=O)[O-])cc(Br)c1N1CCOCC1. The summed E-state index contributed by atoms with van der Waals surface area (Å²) >= 11 is 3.46. The number of non-ortho nitro benzene ring substituents is 1. The molecule has 0 spiro atoms. The second-order valence-corrected chi connectivity index (χ2v) is 5.00. The molecule has 0 aliphatic carbocycles. The number of benzene rings is 1. The molecule has 1 aliphatic rings. The first-order chi connectivity index (χ1) is 8.63. The number of aryl methyl sites for hydroxylation is 1. The fourth-order valence-electron chi connectivity index (χ4n) is 2.16. The number of nitrogens with zero attached hydrogens (tertiary/aromatic N) is 2. The Kier molecular flexibility index (Phi) is 4.19. The highest BCUT2D eigenvalue weighted by Gasteiger charge is 2.20. The minimum Gasteiger partial charge on any atom is -0.378 e. The molecule has 1 fully saturated rings. The third kappa shape index (κ3) is 2.64. The molecular weight excluding hydrogens is 300 g/mol. The van der Waals surface area contributed by atoms with Crippen LogP contribution in [0.2, 0.25) is 0 Å². The van der Waals surface area contributed by atoms with Gasteiger partial charge < -0.3 is 9.64 Å². The summed E-state index contributed by atoms with van der Waals surface area (Å²) in [5.74, 6) is 0. The van der Waals surface area contributed by atoms with Gasteiger partial charge in [-0.05, 0) is 27.9 Å². The summed E-state index contributed by atoms with van der Waals surface area (Å²) in [6, 6.07) is 3.24. The van der Waals surface area contributed by atoms with E-state index < -0.39 is 0 Å². The van der Waals surface area contributed by atoms with Crippen LogP contribution in [-0.4, -0.2) is 31.2 Å². The normalized spacial score (nSPS) is 15.8. The van der Waals surface area contributed by atoms with Gasteiger partial charge in [0.1, 0.15) is 0 Å². The van der Waals surface area contributed by atoms with Gasteiger partial charge in [0.05, 0.1) is 23.8 Å². The minimum absolute atomic E-state index is 0.135. The average molecular weight is 315 g/mol. The smallest absolute Gasteiger partial charge is 0.270 e. The number of hydrogen-bond donors (Lipinski definition) is 0. The third-order valence-electron chi connectivity index (χ3n) is 3.05. The zero-order chi connectivity index (χ0) is 13.1. The molecule has 18 heavy (non-hydrogen) atoms. The van der Waals surface area contributed by atoms with E-state index in [2.05, 4.69) is 20.8 Å². The molecule has 5 nitrogen and oxygen atoms in total. The first-order valence-electron chi connectivity index (χ1n) is 5.93. The molecule has 1 aromatic carbocycles. The van der Waals surface area contributed by atoms with E-state index in [9.17, 15) is 10.1 Å². The summed E-state index contributed by atoms with van der Waals surface area (Å²) in [4.78, 5) is 12.7. The predicted octanol–water partition coefficient (Wildman–Crippen LogP) is 2.76. The average Bonchev–Trinajstić information content (AvgIpc) is 2.38. The summed E-state index contributed by atoms with van der Waals surface area (Å²) in [6.45, 7) is 5.06. The van der Waals surface area contributed by atoms with Crippen LogP contribution in [0.15, 0.2) is 16.6 Å². The van der Waals surface area contributed by atoms with E-state index in [0.29, 0.717) is 13.2 Å². The van der Waals surface area contributed by atoms with Crippen molar-refractivity contribution < 1.29 is 9.66 Å². The summed E-state index contributed by atoms with van der Waals surface area (Å²) in [6.07, 6.45) is 0.771. The summed E-state index contributed by atoms with van der Waals surface area (Å²) < 4.78 is 6.12.